The summed E-state index contributed by atoms with van der Waals surface area (Å²) in [6.45, 7) is 0.901. The number of likely N-dealkylation sites (N-methyl/N-ethyl adjacent to an activating group) is 1. The van der Waals surface area contributed by atoms with Crippen molar-refractivity contribution in [3.63, 3.8) is 0 Å². The minimum Gasteiger partial charge on any atom is -0.383 e. The number of aromatic nitrogens is 2. The van der Waals surface area contributed by atoms with E-state index in [1.54, 1.807) is 0 Å². The van der Waals surface area contributed by atoms with Crippen LogP contribution in [0.15, 0.2) is 0 Å². The molecular formula is C12H20N4. The molecule has 0 aromatic carbocycles. The van der Waals surface area contributed by atoms with Gasteiger partial charge in [-0.1, -0.05) is 6.42 Å². The second-order valence-electron chi connectivity index (χ2n) is 4.36. The number of nitrogen functional groups attached to an aromatic ring is 1. The number of hydrogen-bond acceptors (Lipinski definition) is 4. The largest absolute Gasteiger partial charge is 0.383 e. The highest BCUT2D eigenvalue weighted by molar-refractivity contribution is 5.43. The van der Waals surface area contributed by atoms with Crippen LogP contribution in [0.1, 0.15) is 36.3 Å². The van der Waals surface area contributed by atoms with Crippen LogP contribution in [0, 0.1) is 0 Å². The zero-order valence-electron chi connectivity index (χ0n) is 9.92. The van der Waals surface area contributed by atoms with E-state index in [0.29, 0.717) is 5.82 Å². The summed E-state index contributed by atoms with van der Waals surface area (Å²) in [6.07, 6.45) is 6.70. The van der Waals surface area contributed by atoms with Gasteiger partial charge >= 0.3 is 0 Å². The van der Waals surface area contributed by atoms with Gasteiger partial charge in [0.05, 0.1) is 0 Å². The summed E-state index contributed by atoms with van der Waals surface area (Å²) in [7, 11) is 1.94. The standard InChI is InChI=1S/C12H20N4/c1-14-8-7-11-15-10-6-4-2-3-5-9(10)12(13)16-11/h14H,2-8H2,1H3,(H2,13,15,16). The number of fused-ring (bicyclic) bond motifs is 1. The van der Waals surface area contributed by atoms with E-state index in [4.69, 9.17) is 5.73 Å². The lowest BCUT2D eigenvalue weighted by atomic mass is 10.1. The van der Waals surface area contributed by atoms with Gasteiger partial charge in [0.1, 0.15) is 11.6 Å². The molecule has 16 heavy (non-hydrogen) atoms. The smallest absolute Gasteiger partial charge is 0.132 e. The van der Waals surface area contributed by atoms with Gasteiger partial charge in [0.25, 0.3) is 0 Å². The molecule has 88 valence electrons. The van der Waals surface area contributed by atoms with Crippen molar-refractivity contribution in [1.29, 1.82) is 0 Å². The summed E-state index contributed by atoms with van der Waals surface area (Å²) in [5.74, 6) is 1.59. The summed E-state index contributed by atoms with van der Waals surface area (Å²) < 4.78 is 0. The molecule has 2 rings (SSSR count). The predicted octanol–water partition coefficient (Wildman–Crippen LogP) is 1.09. The van der Waals surface area contributed by atoms with Gasteiger partial charge in [0.15, 0.2) is 0 Å². The maximum Gasteiger partial charge on any atom is 0.132 e. The molecule has 0 amide bonds. The van der Waals surface area contributed by atoms with Crippen molar-refractivity contribution >= 4 is 5.82 Å². The van der Waals surface area contributed by atoms with Crippen LogP contribution in [0.3, 0.4) is 0 Å². The van der Waals surface area contributed by atoms with Crippen molar-refractivity contribution in [2.75, 3.05) is 19.3 Å². The fourth-order valence-electron chi connectivity index (χ4n) is 2.20. The second kappa shape index (κ2) is 5.25. The summed E-state index contributed by atoms with van der Waals surface area (Å²) in [5, 5.41) is 3.11. The van der Waals surface area contributed by atoms with Gasteiger partial charge in [-0.3, -0.25) is 0 Å². The molecule has 1 heterocycles. The number of nitrogens with one attached hydrogen (secondary N) is 1. The molecule has 0 saturated heterocycles. The molecule has 0 saturated carbocycles. The Morgan fingerprint density at radius 1 is 1.19 bits per heavy atom. The summed E-state index contributed by atoms with van der Waals surface area (Å²) in [4.78, 5) is 9.03. The van der Waals surface area contributed by atoms with Gasteiger partial charge < -0.3 is 11.1 Å². The average molecular weight is 220 g/mol. The summed E-state index contributed by atoms with van der Waals surface area (Å²) in [6, 6.07) is 0. The Morgan fingerprint density at radius 2 is 2.00 bits per heavy atom. The molecule has 0 radical (unpaired) electrons. The van der Waals surface area contributed by atoms with Gasteiger partial charge in [-0.25, -0.2) is 9.97 Å². The molecular weight excluding hydrogens is 200 g/mol. The van der Waals surface area contributed by atoms with Crippen LogP contribution in [0.25, 0.3) is 0 Å². The molecule has 3 N–H and O–H groups in total. The first-order valence-corrected chi connectivity index (χ1v) is 6.10. The van der Waals surface area contributed by atoms with Crippen molar-refractivity contribution in [2.24, 2.45) is 0 Å². The first-order valence-electron chi connectivity index (χ1n) is 6.10. The van der Waals surface area contributed by atoms with Crippen LogP contribution < -0.4 is 11.1 Å². The number of aryl methyl sites for hydroxylation is 1. The summed E-state index contributed by atoms with van der Waals surface area (Å²) >= 11 is 0. The van der Waals surface area contributed by atoms with Crippen LogP contribution in [0.5, 0.6) is 0 Å². The lowest BCUT2D eigenvalue weighted by Crippen LogP contribution is -2.15. The van der Waals surface area contributed by atoms with Crippen LogP contribution in [-0.4, -0.2) is 23.6 Å². The predicted molar refractivity (Wildman–Crippen MR) is 65.3 cm³/mol. The third-order valence-electron chi connectivity index (χ3n) is 3.11. The van der Waals surface area contributed by atoms with E-state index in [1.807, 2.05) is 7.05 Å². The normalized spacial score (nSPS) is 15.6. The maximum absolute atomic E-state index is 6.01. The van der Waals surface area contributed by atoms with Gasteiger partial charge in [-0.15, -0.1) is 0 Å². The molecule has 0 atom stereocenters. The van der Waals surface area contributed by atoms with E-state index in [1.165, 1.54) is 30.5 Å². The van der Waals surface area contributed by atoms with E-state index in [0.717, 1.165) is 31.6 Å². The fraction of sp³-hybridized carbons (Fsp3) is 0.667. The molecule has 1 aromatic rings. The molecule has 1 aliphatic rings. The number of nitrogens with zero attached hydrogens (tertiary/aromatic N) is 2. The minimum atomic E-state index is 0.706. The Balaban J connectivity index is 2.24. The zero-order chi connectivity index (χ0) is 11.4. The van der Waals surface area contributed by atoms with Crippen molar-refractivity contribution in [3.05, 3.63) is 17.1 Å². The maximum atomic E-state index is 6.01. The lowest BCUT2D eigenvalue weighted by molar-refractivity contribution is 0.706. The van der Waals surface area contributed by atoms with Gasteiger partial charge in [-0.05, 0) is 32.7 Å². The zero-order valence-corrected chi connectivity index (χ0v) is 9.92. The SMILES string of the molecule is CNCCc1nc(N)c2c(n1)CCCCC2. The molecule has 4 heteroatoms. The van der Waals surface area contributed by atoms with Crippen molar-refractivity contribution < 1.29 is 0 Å². The van der Waals surface area contributed by atoms with E-state index in [9.17, 15) is 0 Å². The minimum absolute atomic E-state index is 0.706. The first kappa shape index (κ1) is 11.3. The van der Waals surface area contributed by atoms with Gasteiger partial charge in [0, 0.05) is 24.2 Å². The van der Waals surface area contributed by atoms with E-state index >= 15 is 0 Å². The highest BCUT2D eigenvalue weighted by Gasteiger charge is 2.14. The van der Waals surface area contributed by atoms with Gasteiger partial charge in [0.2, 0.25) is 0 Å². The lowest BCUT2D eigenvalue weighted by Gasteiger charge is -2.10. The van der Waals surface area contributed by atoms with Crippen molar-refractivity contribution in [2.45, 2.75) is 38.5 Å². The molecule has 0 aliphatic heterocycles. The first-order chi connectivity index (χ1) is 7.81. The Labute approximate surface area is 96.7 Å². The third kappa shape index (κ3) is 2.50. The van der Waals surface area contributed by atoms with Gasteiger partial charge in [-0.2, -0.15) is 0 Å². The van der Waals surface area contributed by atoms with Crippen molar-refractivity contribution in [3.8, 4) is 0 Å². The van der Waals surface area contributed by atoms with Crippen molar-refractivity contribution in [1.82, 2.24) is 15.3 Å². The van der Waals surface area contributed by atoms with Crippen LogP contribution >= 0.6 is 0 Å². The Bertz CT molecular complexity index is 362. The number of nitrogens with two attached hydrogens (primary N) is 1. The quantitative estimate of drug-likeness (QED) is 0.748. The molecule has 0 unspecified atom stereocenters. The van der Waals surface area contributed by atoms with Crippen LogP contribution in [0.2, 0.25) is 0 Å². The Hall–Kier alpha value is -1.16. The van der Waals surface area contributed by atoms with Crippen LogP contribution in [-0.2, 0) is 19.3 Å². The number of anilines is 1. The molecule has 0 fully saturated rings. The molecule has 0 spiro atoms. The molecule has 4 nitrogen and oxygen atoms in total. The molecule has 1 aromatic heterocycles. The number of rotatable bonds is 3. The molecule has 0 bridgehead atoms. The van der Waals surface area contributed by atoms with Crippen LogP contribution in [0.4, 0.5) is 5.82 Å². The fourth-order valence-corrected chi connectivity index (χ4v) is 2.20. The topological polar surface area (TPSA) is 63.8 Å². The van der Waals surface area contributed by atoms with E-state index < -0.39 is 0 Å². The molecule has 1 aliphatic carbocycles. The Kier molecular flexibility index (Phi) is 3.72. The van der Waals surface area contributed by atoms with E-state index in [-0.39, 0.29) is 0 Å². The average Bonchev–Trinajstić information content (AvgIpc) is 2.51. The Morgan fingerprint density at radius 3 is 2.81 bits per heavy atom. The monoisotopic (exact) mass is 220 g/mol. The highest BCUT2D eigenvalue weighted by Crippen LogP contribution is 2.22. The third-order valence-corrected chi connectivity index (χ3v) is 3.11. The second-order valence-corrected chi connectivity index (χ2v) is 4.36. The highest BCUT2D eigenvalue weighted by atomic mass is 15.0. The summed E-state index contributed by atoms with van der Waals surface area (Å²) in [5.41, 5.74) is 8.40. The number of hydrogen-bond donors (Lipinski definition) is 2. The van der Waals surface area contributed by atoms with E-state index in [2.05, 4.69) is 15.3 Å².